The van der Waals surface area contributed by atoms with E-state index in [0.717, 1.165) is 45.3 Å². The number of anilines is 1. The Morgan fingerprint density at radius 3 is 2.53 bits per heavy atom. The monoisotopic (exact) mass is 452 g/mol. The zero-order valence-corrected chi connectivity index (χ0v) is 18.2. The number of nitrogens with zero attached hydrogens (tertiary/aromatic N) is 1. The third kappa shape index (κ3) is 5.26. The molecular weight excluding hydrogens is 433 g/mol. The van der Waals surface area contributed by atoms with Crippen LogP contribution in [0.1, 0.15) is 28.7 Å². The molecule has 0 fully saturated rings. The number of hydrogen-bond acceptors (Lipinski definition) is 3. The maximum Gasteiger partial charge on any atom is 0.418 e. The number of hydrogen-bond donors (Lipinski definition) is 1. The van der Waals surface area contributed by atoms with Gasteiger partial charge in [-0.05, 0) is 62.2 Å². The minimum atomic E-state index is -4.58. The molecule has 3 nitrogen and oxygen atoms in total. The molecule has 0 aliphatic heterocycles. The summed E-state index contributed by atoms with van der Waals surface area (Å²) in [6, 6.07) is 9.23. The molecule has 1 aromatic heterocycles. The number of thioether (sulfide) groups is 1. The predicted octanol–water partition coefficient (Wildman–Crippen LogP) is 6.95. The van der Waals surface area contributed by atoms with E-state index in [4.69, 9.17) is 11.6 Å². The Morgan fingerprint density at radius 1 is 1.10 bits per heavy atom. The standard InChI is InChI=1S/C22H20ClF3N2OS/c1-12-8-14(3)21-16(9-12)13(2)10-20(28-21)30-7-6-19(29)27-18-11-15(23)4-5-17(18)22(24,25)26/h4-5,8-11H,6-7H2,1-3H3,(H,27,29). The second-order valence-corrected chi connectivity index (χ2v) is 8.64. The molecule has 0 spiro atoms. The van der Waals surface area contributed by atoms with Crippen molar-refractivity contribution in [3.63, 3.8) is 0 Å². The van der Waals surface area contributed by atoms with Crippen molar-refractivity contribution in [2.24, 2.45) is 0 Å². The molecule has 0 saturated carbocycles. The van der Waals surface area contributed by atoms with Crippen molar-refractivity contribution < 1.29 is 18.0 Å². The fourth-order valence-electron chi connectivity index (χ4n) is 3.22. The van der Waals surface area contributed by atoms with Crippen molar-refractivity contribution >= 4 is 45.9 Å². The van der Waals surface area contributed by atoms with Gasteiger partial charge in [0.25, 0.3) is 0 Å². The highest BCUT2D eigenvalue weighted by Crippen LogP contribution is 2.36. The third-order valence-corrected chi connectivity index (χ3v) is 5.72. The van der Waals surface area contributed by atoms with Crippen LogP contribution in [-0.2, 0) is 11.0 Å². The SMILES string of the molecule is Cc1cc(C)c2nc(SCCC(=O)Nc3cc(Cl)ccc3C(F)(F)F)cc(C)c2c1. The number of alkyl halides is 3. The van der Waals surface area contributed by atoms with Gasteiger partial charge >= 0.3 is 6.18 Å². The molecule has 3 aromatic rings. The number of fused-ring (bicyclic) bond motifs is 1. The van der Waals surface area contributed by atoms with Gasteiger partial charge in [0.2, 0.25) is 5.91 Å². The van der Waals surface area contributed by atoms with Gasteiger partial charge in [-0.1, -0.05) is 23.2 Å². The molecule has 2 aromatic carbocycles. The van der Waals surface area contributed by atoms with Gasteiger partial charge < -0.3 is 5.32 Å². The molecule has 8 heteroatoms. The van der Waals surface area contributed by atoms with E-state index >= 15 is 0 Å². The summed E-state index contributed by atoms with van der Waals surface area (Å²) in [7, 11) is 0. The first-order valence-electron chi connectivity index (χ1n) is 9.22. The summed E-state index contributed by atoms with van der Waals surface area (Å²) >= 11 is 7.18. The Morgan fingerprint density at radius 2 is 1.83 bits per heavy atom. The normalized spacial score (nSPS) is 11.7. The molecule has 0 atom stereocenters. The van der Waals surface area contributed by atoms with Gasteiger partial charge in [-0.25, -0.2) is 4.98 Å². The summed E-state index contributed by atoms with van der Waals surface area (Å²) in [6.45, 7) is 6.06. The Kier molecular flexibility index (Phi) is 6.62. The summed E-state index contributed by atoms with van der Waals surface area (Å²) in [5, 5.41) is 4.31. The molecule has 1 amide bonds. The topological polar surface area (TPSA) is 42.0 Å². The minimum Gasteiger partial charge on any atom is -0.325 e. The van der Waals surface area contributed by atoms with Gasteiger partial charge in [-0.3, -0.25) is 4.79 Å². The Hall–Kier alpha value is -2.25. The zero-order chi connectivity index (χ0) is 22.1. The largest absolute Gasteiger partial charge is 0.418 e. The molecular formula is C22H20ClF3N2OS. The molecule has 0 bridgehead atoms. The molecule has 0 aliphatic carbocycles. The van der Waals surface area contributed by atoms with Crippen LogP contribution in [0.3, 0.4) is 0 Å². The number of carbonyl (C=O) groups excluding carboxylic acids is 1. The molecule has 0 aliphatic rings. The maximum atomic E-state index is 13.1. The van der Waals surface area contributed by atoms with Crippen LogP contribution in [0.5, 0.6) is 0 Å². The van der Waals surface area contributed by atoms with E-state index in [2.05, 4.69) is 22.4 Å². The lowest BCUT2D eigenvalue weighted by molar-refractivity contribution is -0.137. The number of aromatic nitrogens is 1. The van der Waals surface area contributed by atoms with Crippen LogP contribution in [0.4, 0.5) is 18.9 Å². The first-order chi connectivity index (χ1) is 14.0. The van der Waals surface area contributed by atoms with E-state index in [-0.39, 0.29) is 17.1 Å². The van der Waals surface area contributed by atoms with Crippen molar-refractivity contribution in [2.45, 2.75) is 38.4 Å². The van der Waals surface area contributed by atoms with E-state index in [1.54, 1.807) is 0 Å². The summed E-state index contributed by atoms with van der Waals surface area (Å²) in [4.78, 5) is 16.9. The van der Waals surface area contributed by atoms with Gasteiger partial charge in [0, 0.05) is 22.6 Å². The third-order valence-electron chi connectivity index (χ3n) is 4.57. The van der Waals surface area contributed by atoms with Crippen LogP contribution in [-0.4, -0.2) is 16.6 Å². The van der Waals surface area contributed by atoms with Crippen LogP contribution in [0, 0.1) is 20.8 Å². The van der Waals surface area contributed by atoms with Crippen molar-refractivity contribution in [3.05, 3.63) is 63.7 Å². The fourth-order valence-corrected chi connectivity index (χ4v) is 4.30. The second-order valence-electron chi connectivity index (χ2n) is 7.09. The van der Waals surface area contributed by atoms with Crippen LogP contribution in [0.15, 0.2) is 41.4 Å². The van der Waals surface area contributed by atoms with E-state index in [1.165, 1.54) is 17.3 Å². The fraction of sp³-hybridized carbons (Fsp3) is 0.273. The maximum absolute atomic E-state index is 13.1. The predicted molar refractivity (Wildman–Crippen MR) is 116 cm³/mol. The van der Waals surface area contributed by atoms with Gasteiger partial charge in [0.1, 0.15) is 0 Å². The van der Waals surface area contributed by atoms with E-state index < -0.39 is 17.6 Å². The van der Waals surface area contributed by atoms with Gasteiger partial charge in [-0.2, -0.15) is 13.2 Å². The summed E-state index contributed by atoms with van der Waals surface area (Å²) in [5.41, 5.74) is 2.99. The zero-order valence-electron chi connectivity index (χ0n) is 16.7. The summed E-state index contributed by atoms with van der Waals surface area (Å²) in [6.07, 6.45) is -4.54. The molecule has 1 heterocycles. The van der Waals surface area contributed by atoms with E-state index in [9.17, 15) is 18.0 Å². The number of carbonyl (C=O) groups is 1. The minimum absolute atomic E-state index is 0.0418. The first-order valence-corrected chi connectivity index (χ1v) is 10.6. The quantitative estimate of drug-likeness (QED) is 0.426. The molecule has 158 valence electrons. The van der Waals surface area contributed by atoms with Crippen LogP contribution in [0.2, 0.25) is 5.02 Å². The lowest BCUT2D eigenvalue weighted by Crippen LogP contribution is -2.17. The number of rotatable bonds is 5. The van der Waals surface area contributed by atoms with Gasteiger partial charge in [-0.15, -0.1) is 11.8 Å². The number of nitrogens with one attached hydrogen (secondary N) is 1. The summed E-state index contributed by atoms with van der Waals surface area (Å²) in [5.74, 6) is -0.129. The number of aryl methyl sites for hydroxylation is 3. The highest BCUT2D eigenvalue weighted by Gasteiger charge is 2.33. The lowest BCUT2D eigenvalue weighted by Gasteiger charge is -2.14. The summed E-state index contributed by atoms with van der Waals surface area (Å²) < 4.78 is 39.4. The van der Waals surface area contributed by atoms with Gasteiger partial charge in [0.15, 0.2) is 0 Å². The average molecular weight is 453 g/mol. The van der Waals surface area contributed by atoms with Crippen molar-refractivity contribution in [3.8, 4) is 0 Å². The van der Waals surface area contributed by atoms with Crippen LogP contribution < -0.4 is 5.32 Å². The molecule has 0 unspecified atom stereocenters. The molecule has 0 saturated heterocycles. The number of halogens is 4. The Bertz CT molecular complexity index is 1120. The smallest absolute Gasteiger partial charge is 0.325 e. The first kappa shape index (κ1) is 22.4. The molecule has 3 rings (SSSR count). The average Bonchev–Trinajstić information content (AvgIpc) is 2.61. The Labute approximate surface area is 182 Å². The second kappa shape index (κ2) is 8.86. The van der Waals surface area contributed by atoms with Crippen LogP contribution in [0.25, 0.3) is 10.9 Å². The molecule has 0 radical (unpaired) electrons. The van der Waals surface area contributed by atoms with Crippen molar-refractivity contribution in [2.75, 3.05) is 11.1 Å². The van der Waals surface area contributed by atoms with Gasteiger partial charge in [0.05, 0.1) is 21.8 Å². The number of amides is 1. The molecule has 30 heavy (non-hydrogen) atoms. The molecule has 1 N–H and O–H groups in total. The highest BCUT2D eigenvalue weighted by atomic mass is 35.5. The van der Waals surface area contributed by atoms with Crippen molar-refractivity contribution in [1.29, 1.82) is 0 Å². The number of pyridine rings is 1. The highest BCUT2D eigenvalue weighted by molar-refractivity contribution is 7.99. The van der Waals surface area contributed by atoms with E-state index in [1.807, 2.05) is 26.8 Å². The van der Waals surface area contributed by atoms with E-state index in [0.29, 0.717) is 5.75 Å². The lowest BCUT2D eigenvalue weighted by atomic mass is 10.0. The Balaban J connectivity index is 1.68. The van der Waals surface area contributed by atoms with Crippen LogP contribution >= 0.6 is 23.4 Å². The van der Waals surface area contributed by atoms with Crippen molar-refractivity contribution in [1.82, 2.24) is 4.98 Å². The number of benzene rings is 2.